The first kappa shape index (κ1) is 15.2. The quantitative estimate of drug-likeness (QED) is 0.802. The Hall–Kier alpha value is -1.17. The molecule has 0 radical (unpaired) electrons. The third-order valence-electron chi connectivity index (χ3n) is 2.71. The number of aromatic nitrogens is 2. The number of nitrogens with zero attached hydrogens (tertiary/aromatic N) is 2. The lowest BCUT2D eigenvalue weighted by molar-refractivity contribution is 0.128. The zero-order valence-electron chi connectivity index (χ0n) is 11.3. The van der Waals surface area contributed by atoms with Crippen molar-refractivity contribution in [3.05, 3.63) is 45.3 Å². The Morgan fingerprint density at radius 2 is 2.15 bits per heavy atom. The van der Waals surface area contributed by atoms with Crippen molar-refractivity contribution in [2.75, 3.05) is 11.9 Å². The molecule has 0 saturated carbocycles. The van der Waals surface area contributed by atoms with E-state index in [1.165, 1.54) is 0 Å². The molecule has 0 bridgehead atoms. The maximum atomic E-state index is 6.01. The molecule has 1 N–H and O–H groups in total. The van der Waals surface area contributed by atoms with E-state index in [1.807, 2.05) is 32.0 Å². The van der Waals surface area contributed by atoms with Crippen LogP contribution >= 0.6 is 27.5 Å². The summed E-state index contributed by atoms with van der Waals surface area (Å²) in [5.41, 5.74) is 2.07. The minimum atomic E-state index is 0.350. The maximum absolute atomic E-state index is 6.01. The highest BCUT2D eigenvalue weighted by atomic mass is 79.9. The molecule has 0 aliphatic rings. The number of nitrogens with one attached hydrogen (secondary N) is 1. The Bertz CT molecular complexity index is 607. The number of benzene rings is 1. The molecule has 0 saturated heterocycles. The van der Waals surface area contributed by atoms with Gasteiger partial charge in [0.25, 0.3) is 0 Å². The van der Waals surface area contributed by atoms with E-state index >= 15 is 0 Å². The second kappa shape index (κ2) is 7.02. The van der Waals surface area contributed by atoms with Crippen molar-refractivity contribution in [3.63, 3.8) is 0 Å². The summed E-state index contributed by atoms with van der Waals surface area (Å²) in [4.78, 5) is 8.52. The Balaban J connectivity index is 2.24. The summed E-state index contributed by atoms with van der Waals surface area (Å²) < 4.78 is 6.34. The molecule has 0 amide bonds. The Labute approximate surface area is 131 Å². The standard InChI is InChI=1S/C14H15BrClN3O/c1-3-20-8-14-18-12(16)7-13(19-14)17-11-6-4-5-10(15)9(11)2/h4-7H,3,8H2,1-2H3,(H,17,18,19). The molecular formula is C14H15BrClN3O. The molecule has 1 heterocycles. The predicted molar refractivity (Wildman–Crippen MR) is 84.5 cm³/mol. The molecule has 1 aromatic heterocycles. The highest BCUT2D eigenvalue weighted by molar-refractivity contribution is 9.10. The van der Waals surface area contributed by atoms with Crippen LogP contribution in [0.15, 0.2) is 28.7 Å². The Kier molecular flexibility index (Phi) is 5.34. The highest BCUT2D eigenvalue weighted by Crippen LogP contribution is 2.26. The smallest absolute Gasteiger partial charge is 0.158 e. The van der Waals surface area contributed by atoms with Gasteiger partial charge in [-0.1, -0.05) is 33.6 Å². The molecule has 0 fully saturated rings. The molecule has 2 rings (SSSR count). The van der Waals surface area contributed by atoms with Gasteiger partial charge in [0.2, 0.25) is 0 Å². The molecule has 6 heteroatoms. The van der Waals surface area contributed by atoms with Crippen LogP contribution in [0.4, 0.5) is 11.5 Å². The van der Waals surface area contributed by atoms with Crippen LogP contribution in [-0.4, -0.2) is 16.6 Å². The van der Waals surface area contributed by atoms with Crippen molar-refractivity contribution in [1.82, 2.24) is 9.97 Å². The van der Waals surface area contributed by atoms with E-state index in [1.54, 1.807) is 6.07 Å². The second-order valence-electron chi connectivity index (χ2n) is 4.17. The summed E-state index contributed by atoms with van der Waals surface area (Å²) in [6, 6.07) is 7.63. The largest absolute Gasteiger partial charge is 0.374 e. The summed E-state index contributed by atoms with van der Waals surface area (Å²) in [7, 11) is 0. The molecule has 20 heavy (non-hydrogen) atoms. The zero-order valence-corrected chi connectivity index (χ0v) is 13.6. The molecule has 4 nitrogen and oxygen atoms in total. The van der Waals surface area contributed by atoms with E-state index in [4.69, 9.17) is 16.3 Å². The molecule has 1 aromatic carbocycles. The number of halogens is 2. The first-order valence-corrected chi connectivity index (χ1v) is 7.40. The van der Waals surface area contributed by atoms with Crippen LogP contribution in [0.2, 0.25) is 5.15 Å². The summed E-state index contributed by atoms with van der Waals surface area (Å²) in [6.45, 7) is 4.91. The van der Waals surface area contributed by atoms with Gasteiger partial charge in [-0.05, 0) is 31.5 Å². The van der Waals surface area contributed by atoms with E-state index in [0.717, 1.165) is 15.7 Å². The molecule has 0 aliphatic carbocycles. The van der Waals surface area contributed by atoms with Gasteiger partial charge in [-0.2, -0.15) is 0 Å². The number of hydrogen-bond acceptors (Lipinski definition) is 4. The fourth-order valence-electron chi connectivity index (χ4n) is 1.67. The normalized spacial score (nSPS) is 10.6. The number of hydrogen-bond donors (Lipinski definition) is 1. The lowest BCUT2D eigenvalue weighted by Crippen LogP contribution is -2.03. The van der Waals surface area contributed by atoms with Crippen LogP contribution in [0.1, 0.15) is 18.3 Å². The SMILES string of the molecule is CCOCc1nc(Cl)cc(Nc2cccc(Br)c2C)n1. The molecular weight excluding hydrogens is 342 g/mol. The number of rotatable bonds is 5. The van der Waals surface area contributed by atoms with Crippen LogP contribution in [0.5, 0.6) is 0 Å². The lowest BCUT2D eigenvalue weighted by atomic mass is 10.2. The van der Waals surface area contributed by atoms with Gasteiger partial charge < -0.3 is 10.1 Å². The van der Waals surface area contributed by atoms with Crippen LogP contribution in [0.25, 0.3) is 0 Å². The van der Waals surface area contributed by atoms with Gasteiger partial charge in [0.15, 0.2) is 5.82 Å². The van der Waals surface area contributed by atoms with Crippen molar-refractivity contribution in [1.29, 1.82) is 0 Å². The average molecular weight is 357 g/mol. The molecule has 0 aliphatic heterocycles. The summed E-state index contributed by atoms with van der Waals surface area (Å²) in [5.74, 6) is 1.22. The first-order chi connectivity index (χ1) is 9.60. The van der Waals surface area contributed by atoms with E-state index in [0.29, 0.717) is 30.0 Å². The van der Waals surface area contributed by atoms with Gasteiger partial charge in [0, 0.05) is 22.8 Å². The van der Waals surface area contributed by atoms with E-state index in [-0.39, 0.29) is 0 Å². The minimum Gasteiger partial charge on any atom is -0.374 e. The van der Waals surface area contributed by atoms with Crippen molar-refractivity contribution >= 4 is 39.0 Å². The summed E-state index contributed by atoms with van der Waals surface area (Å²) in [6.07, 6.45) is 0. The zero-order chi connectivity index (χ0) is 14.5. The topological polar surface area (TPSA) is 47.0 Å². The van der Waals surface area contributed by atoms with Crippen molar-refractivity contribution in [3.8, 4) is 0 Å². The van der Waals surface area contributed by atoms with Gasteiger partial charge in [0.05, 0.1) is 0 Å². The van der Waals surface area contributed by atoms with Crippen LogP contribution in [0, 0.1) is 6.92 Å². The molecule has 106 valence electrons. The van der Waals surface area contributed by atoms with Crippen LogP contribution in [-0.2, 0) is 11.3 Å². The number of ether oxygens (including phenoxy) is 1. The van der Waals surface area contributed by atoms with Crippen LogP contribution in [0.3, 0.4) is 0 Å². The molecule has 2 aromatic rings. The third kappa shape index (κ3) is 3.91. The van der Waals surface area contributed by atoms with E-state index in [2.05, 4.69) is 31.2 Å². The van der Waals surface area contributed by atoms with Gasteiger partial charge in [0.1, 0.15) is 17.6 Å². The summed E-state index contributed by atoms with van der Waals surface area (Å²) in [5, 5.41) is 3.64. The van der Waals surface area contributed by atoms with Gasteiger partial charge >= 0.3 is 0 Å². The monoisotopic (exact) mass is 355 g/mol. The molecule has 0 spiro atoms. The van der Waals surface area contributed by atoms with Crippen molar-refractivity contribution < 1.29 is 4.74 Å². The summed E-state index contributed by atoms with van der Waals surface area (Å²) >= 11 is 9.51. The first-order valence-electron chi connectivity index (χ1n) is 6.23. The van der Waals surface area contributed by atoms with E-state index in [9.17, 15) is 0 Å². The fraction of sp³-hybridized carbons (Fsp3) is 0.286. The predicted octanol–water partition coefficient (Wildman–Crippen LogP) is 4.48. The maximum Gasteiger partial charge on any atom is 0.158 e. The van der Waals surface area contributed by atoms with Gasteiger partial charge in [-0.25, -0.2) is 9.97 Å². The van der Waals surface area contributed by atoms with Crippen molar-refractivity contribution in [2.45, 2.75) is 20.5 Å². The lowest BCUT2D eigenvalue weighted by Gasteiger charge is -2.11. The van der Waals surface area contributed by atoms with Gasteiger partial charge in [-0.15, -0.1) is 0 Å². The molecule has 0 unspecified atom stereocenters. The van der Waals surface area contributed by atoms with Crippen molar-refractivity contribution in [2.24, 2.45) is 0 Å². The van der Waals surface area contributed by atoms with Gasteiger partial charge in [-0.3, -0.25) is 0 Å². The third-order valence-corrected chi connectivity index (χ3v) is 3.76. The average Bonchev–Trinajstić information content (AvgIpc) is 2.41. The Morgan fingerprint density at radius 1 is 1.35 bits per heavy atom. The fourth-order valence-corrected chi connectivity index (χ4v) is 2.23. The number of anilines is 2. The van der Waals surface area contributed by atoms with E-state index < -0.39 is 0 Å². The molecule has 0 atom stereocenters. The second-order valence-corrected chi connectivity index (χ2v) is 5.41. The Morgan fingerprint density at radius 3 is 2.90 bits per heavy atom. The minimum absolute atomic E-state index is 0.350. The highest BCUT2D eigenvalue weighted by Gasteiger charge is 2.06. The van der Waals surface area contributed by atoms with Crippen LogP contribution < -0.4 is 5.32 Å².